The number of hydrogen-bond acceptors (Lipinski definition) is 4. The van der Waals surface area contributed by atoms with Crippen molar-refractivity contribution in [3.8, 4) is 17.2 Å². The standard InChI is InChI=1S/C35H37N2O3/c1-21(2)22-11-12-25(30(19-22)39-20-38)31-28-17-23-7-3-13-36-15-5-9-26(32(23)36)34(28)40-35-27-10-6-16-37-14-4-8-24(33(27)37)18-29(31)35/h11-12,17-21H,3-10,13-16H2,1-2H3/q+1. The lowest BCUT2D eigenvalue weighted by molar-refractivity contribution is -0.120. The van der Waals surface area contributed by atoms with E-state index in [1.165, 1.54) is 51.7 Å². The zero-order valence-electron chi connectivity index (χ0n) is 23.6. The van der Waals surface area contributed by atoms with Gasteiger partial charge in [-0.05, 0) is 73.8 Å². The van der Waals surface area contributed by atoms with Crippen LogP contribution in [0.4, 0.5) is 5.69 Å². The van der Waals surface area contributed by atoms with Crippen LogP contribution in [0, 0.1) is 0 Å². The van der Waals surface area contributed by atoms with E-state index in [-0.39, 0.29) is 0 Å². The minimum Gasteiger partial charge on any atom is -0.455 e. The van der Waals surface area contributed by atoms with Crippen molar-refractivity contribution in [1.29, 1.82) is 0 Å². The molecule has 5 heterocycles. The smallest absolute Gasteiger partial charge is 0.298 e. The van der Waals surface area contributed by atoms with E-state index >= 15 is 0 Å². The van der Waals surface area contributed by atoms with Gasteiger partial charge in [0.05, 0.1) is 5.56 Å². The number of rotatable bonds is 4. The summed E-state index contributed by atoms with van der Waals surface area (Å²) in [5, 5.41) is 2.58. The molecule has 0 atom stereocenters. The normalized spacial score (nSPS) is 18.4. The molecule has 204 valence electrons. The van der Waals surface area contributed by atoms with E-state index in [1.54, 1.807) is 0 Å². The number of nitrogens with zero attached hydrogens (tertiary/aromatic N) is 2. The molecule has 8 rings (SSSR count). The Hall–Kier alpha value is -3.60. The van der Waals surface area contributed by atoms with E-state index < -0.39 is 0 Å². The molecular formula is C35H37N2O3+. The number of carbonyl (C=O) groups is 1. The molecule has 5 aliphatic heterocycles. The molecule has 3 aromatic rings. The lowest BCUT2D eigenvalue weighted by Gasteiger charge is -2.39. The van der Waals surface area contributed by atoms with Crippen molar-refractivity contribution in [2.45, 2.75) is 71.1 Å². The highest BCUT2D eigenvalue weighted by Gasteiger charge is 2.36. The first-order chi connectivity index (χ1) is 19.6. The molecule has 40 heavy (non-hydrogen) atoms. The summed E-state index contributed by atoms with van der Waals surface area (Å²) in [5.41, 5.74) is 11.5. The van der Waals surface area contributed by atoms with E-state index in [1.807, 2.05) is 0 Å². The molecular weight excluding hydrogens is 496 g/mol. The molecule has 0 saturated carbocycles. The highest BCUT2D eigenvalue weighted by atomic mass is 16.5. The van der Waals surface area contributed by atoms with Crippen molar-refractivity contribution in [1.82, 2.24) is 4.58 Å². The SMILES string of the molecule is CC(C)c1ccc(C2=c3cc4c5c(c3Oc3c2cc2c6c3CCCN6CCC2)CCC[N+]=5CCC4)c(OC=O)c1. The molecule has 3 aromatic carbocycles. The van der Waals surface area contributed by atoms with Crippen molar-refractivity contribution in [3.05, 3.63) is 79.9 Å². The minimum atomic E-state index is 0.340. The summed E-state index contributed by atoms with van der Waals surface area (Å²) in [6, 6.07) is 11.2. The number of benzene rings is 3. The molecule has 0 aliphatic carbocycles. The van der Waals surface area contributed by atoms with Crippen molar-refractivity contribution >= 4 is 17.7 Å². The summed E-state index contributed by atoms with van der Waals surface area (Å²) in [4.78, 5) is 14.4. The van der Waals surface area contributed by atoms with E-state index in [9.17, 15) is 4.79 Å². The Kier molecular flexibility index (Phi) is 5.58. The maximum Gasteiger partial charge on any atom is 0.298 e. The maximum atomic E-state index is 11.8. The fourth-order valence-electron chi connectivity index (χ4n) is 8.06. The predicted molar refractivity (Wildman–Crippen MR) is 158 cm³/mol. The van der Waals surface area contributed by atoms with Crippen molar-refractivity contribution in [2.24, 2.45) is 0 Å². The monoisotopic (exact) mass is 533 g/mol. The molecule has 0 spiro atoms. The van der Waals surface area contributed by atoms with Gasteiger partial charge in [0.1, 0.15) is 30.3 Å². The number of ether oxygens (including phenoxy) is 2. The van der Waals surface area contributed by atoms with Crippen LogP contribution in [0.2, 0.25) is 0 Å². The predicted octanol–water partition coefficient (Wildman–Crippen LogP) is 4.78. The average molecular weight is 534 g/mol. The van der Waals surface area contributed by atoms with Gasteiger partial charge >= 0.3 is 0 Å². The van der Waals surface area contributed by atoms with Gasteiger partial charge < -0.3 is 14.4 Å². The molecule has 5 nitrogen and oxygen atoms in total. The molecule has 0 amide bonds. The number of anilines is 1. The topological polar surface area (TPSA) is 41.8 Å². The molecule has 0 radical (unpaired) electrons. The van der Waals surface area contributed by atoms with Crippen LogP contribution in [0.1, 0.15) is 84.4 Å². The number of carbonyl (C=O) groups excluding carboxylic acids is 1. The summed E-state index contributed by atoms with van der Waals surface area (Å²) >= 11 is 0. The minimum absolute atomic E-state index is 0.340. The van der Waals surface area contributed by atoms with E-state index in [4.69, 9.17) is 9.47 Å². The van der Waals surface area contributed by atoms with Gasteiger partial charge in [0.2, 0.25) is 5.36 Å². The summed E-state index contributed by atoms with van der Waals surface area (Å²) < 4.78 is 15.5. The Morgan fingerprint density at radius 1 is 0.875 bits per heavy atom. The van der Waals surface area contributed by atoms with Crippen LogP contribution in [0.3, 0.4) is 0 Å². The highest BCUT2D eigenvalue weighted by Crippen LogP contribution is 2.49. The quantitative estimate of drug-likeness (QED) is 0.280. The Morgan fingerprint density at radius 3 is 2.48 bits per heavy atom. The van der Waals surface area contributed by atoms with Crippen LogP contribution < -0.4 is 29.5 Å². The van der Waals surface area contributed by atoms with Crippen LogP contribution >= 0.6 is 0 Å². The lowest BCUT2D eigenvalue weighted by atomic mass is 9.82. The molecule has 0 aromatic heterocycles. The Balaban J connectivity index is 1.51. The first kappa shape index (κ1) is 24.2. The third kappa shape index (κ3) is 3.52. The third-order valence-electron chi connectivity index (χ3n) is 9.80. The Morgan fingerprint density at radius 2 is 1.65 bits per heavy atom. The molecule has 0 fully saturated rings. The van der Waals surface area contributed by atoms with Crippen LogP contribution in [0.15, 0.2) is 30.3 Å². The van der Waals surface area contributed by atoms with Crippen LogP contribution in [0.5, 0.6) is 17.2 Å². The molecule has 0 bridgehead atoms. The first-order valence-corrected chi connectivity index (χ1v) is 15.3. The average Bonchev–Trinajstić information content (AvgIpc) is 2.97. The summed E-state index contributed by atoms with van der Waals surface area (Å²) in [6.07, 6.45) is 8.97. The zero-order valence-corrected chi connectivity index (χ0v) is 23.6. The van der Waals surface area contributed by atoms with Gasteiger partial charge in [-0.3, -0.25) is 4.79 Å². The molecule has 5 heteroatoms. The van der Waals surface area contributed by atoms with Gasteiger partial charge in [-0.25, -0.2) is 4.58 Å². The third-order valence-corrected chi connectivity index (χ3v) is 9.80. The highest BCUT2D eigenvalue weighted by molar-refractivity contribution is 5.91. The summed E-state index contributed by atoms with van der Waals surface area (Å²) in [6.45, 7) is 9.46. The van der Waals surface area contributed by atoms with Crippen LogP contribution in [-0.4, -0.2) is 32.7 Å². The van der Waals surface area contributed by atoms with E-state index in [0.29, 0.717) is 18.1 Å². The second-order valence-corrected chi connectivity index (χ2v) is 12.5. The van der Waals surface area contributed by atoms with Gasteiger partial charge in [-0.2, -0.15) is 0 Å². The number of fused-ring (bicyclic) bond motifs is 4. The Bertz CT molecular complexity index is 1710. The van der Waals surface area contributed by atoms with Crippen LogP contribution in [0.25, 0.3) is 5.57 Å². The Labute approximate surface area is 235 Å². The van der Waals surface area contributed by atoms with Crippen molar-refractivity contribution in [3.63, 3.8) is 0 Å². The largest absolute Gasteiger partial charge is 0.455 e. The zero-order chi connectivity index (χ0) is 27.0. The molecule has 0 N–H and O–H groups in total. The van der Waals surface area contributed by atoms with E-state index in [2.05, 4.69) is 53.7 Å². The van der Waals surface area contributed by atoms with Gasteiger partial charge in [-0.15, -0.1) is 0 Å². The first-order valence-electron chi connectivity index (χ1n) is 15.3. The summed E-state index contributed by atoms with van der Waals surface area (Å²) in [5.74, 6) is 3.03. The maximum absolute atomic E-state index is 11.8. The van der Waals surface area contributed by atoms with Crippen molar-refractivity contribution in [2.75, 3.05) is 31.1 Å². The number of hydrogen-bond donors (Lipinski definition) is 0. The molecule has 5 aliphatic rings. The van der Waals surface area contributed by atoms with Gasteiger partial charge in [-0.1, -0.05) is 26.0 Å². The molecule has 0 unspecified atom stereocenters. The van der Waals surface area contributed by atoms with Crippen LogP contribution in [-0.2, 0) is 30.5 Å². The summed E-state index contributed by atoms with van der Waals surface area (Å²) in [7, 11) is 0. The lowest BCUT2D eigenvalue weighted by Crippen LogP contribution is -2.45. The van der Waals surface area contributed by atoms with E-state index in [0.717, 1.165) is 98.1 Å². The second kappa shape index (κ2) is 9.22. The van der Waals surface area contributed by atoms with Gasteiger partial charge in [0.25, 0.3) is 6.47 Å². The fourth-order valence-corrected chi connectivity index (χ4v) is 8.06. The fraction of sp³-hybridized carbons (Fsp3) is 0.429. The second-order valence-electron chi connectivity index (χ2n) is 12.5. The van der Waals surface area contributed by atoms with Crippen molar-refractivity contribution < 1.29 is 14.3 Å². The molecule has 0 saturated heterocycles. The number of aryl methyl sites for hydroxylation is 2. The van der Waals surface area contributed by atoms with Gasteiger partial charge in [0.15, 0.2) is 0 Å². The van der Waals surface area contributed by atoms with Gasteiger partial charge in [0, 0.05) is 64.7 Å².